The third kappa shape index (κ3) is 4.43. The molecule has 1 saturated heterocycles. The van der Waals surface area contributed by atoms with Crippen molar-refractivity contribution in [2.45, 2.75) is 19.5 Å². The molecule has 0 bridgehead atoms. The molecule has 1 aliphatic rings. The molecule has 1 amide bonds. The number of nitrogens with one attached hydrogen (secondary N) is 3. The molecular weight excluding hydrogens is 298 g/mol. The number of para-hydroxylation sites is 1. The smallest absolute Gasteiger partial charge is 0.282 e. The molecule has 3 N–H and O–H groups in total. The summed E-state index contributed by atoms with van der Waals surface area (Å²) in [7, 11) is 0. The van der Waals surface area contributed by atoms with E-state index in [4.69, 9.17) is 0 Å². The second-order valence-corrected chi connectivity index (χ2v) is 6.65. The van der Waals surface area contributed by atoms with Crippen molar-refractivity contribution in [3.05, 3.63) is 66.2 Å². The lowest BCUT2D eigenvalue weighted by Crippen LogP contribution is -3.29. The molecule has 2 aromatic carbocycles. The number of anilines is 1. The van der Waals surface area contributed by atoms with Crippen molar-refractivity contribution in [3.63, 3.8) is 0 Å². The summed E-state index contributed by atoms with van der Waals surface area (Å²) in [6, 6.07) is 20.4. The normalized spacial score (nSPS) is 21.9. The molecule has 4 nitrogen and oxygen atoms in total. The van der Waals surface area contributed by atoms with Crippen LogP contribution in [0.5, 0.6) is 0 Å². The Morgan fingerprint density at radius 2 is 1.54 bits per heavy atom. The van der Waals surface area contributed by atoms with Crippen LogP contribution in [-0.2, 0) is 11.3 Å². The van der Waals surface area contributed by atoms with E-state index in [1.54, 1.807) is 4.90 Å². The Bertz CT molecular complexity index is 636. The van der Waals surface area contributed by atoms with Gasteiger partial charge in [0.15, 0.2) is 6.04 Å². The van der Waals surface area contributed by atoms with Crippen LogP contribution in [0.3, 0.4) is 0 Å². The van der Waals surface area contributed by atoms with Gasteiger partial charge in [0.25, 0.3) is 5.91 Å². The molecule has 1 atom stereocenters. The van der Waals surface area contributed by atoms with Crippen molar-refractivity contribution in [3.8, 4) is 0 Å². The van der Waals surface area contributed by atoms with Crippen molar-refractivity contribution >= 4 is 11.6 Å². The van der Waals surface area contributed by atoms with Crippen LogP contribution in [0.25, 0.3) is 0 Å². The minimum absolute atomic E-state index is 0.0107. The highest BCUT2D eigenvalue weighted by atomic mass is 16.2. The number of rotatable bonds is 5. The Balaban J connectivity index is 1.48. The molecule has 1 fully saturated rings. The Labute approximate surface area is 144 Å². The van der Waals surface area contributed by atoms with E-state index >= 15 is 0 Å². The first-order chi connectivity index (χ1) is 11.7. The van der Waals surface area contributed by atoms with Crippen LogP contribution in [-0.4, -0.2) is 38.1 Å². The van der Waals surface area contributed by atoms with E-state index in [9.17, 15) is 4.79 Å². The molecule has 4 heteroatoms. The Kier molecular flexibility index (Phi) is 5.62. The fraction of sp³-hybridized carbons (Fsp3) is 0.350. The van der Waals surface area contributed by atoms with Crippen LogP contribution < -0.4 is 15.1 Å². The highest BCUT2D eigenvalue weighted by Gasteiger charge is 2.30. The summed E-state index contributed by atoms with van der Waals surface area (Å²) in [5.74, 6) is 0.114. The molecule has 0 radical (unpaired) electrons. The number of benzene rings is 2. The highest BCUT2D eigenvalue weighted by molar-refractivity contribution is 5.93. The van der Waals surface area contributed by atoms with E-state index in [2.05, 4.69) is 35.6 Å². The van der Waals surface area contributed by atoms with Crippen LogP contribution in [0, 0.1) is 0 Å². The first-order valence-corrected chi connectivity index (χ1v) is 8.80. The molecule has 3 rings (SSSR count). The summed E-state index contributed by atoms with van der Waals surface area (Å²) in [6.45, 7) is 7.45. The van der Waals surface area contributed by atoms with Gasteiger partial charge >= 0.3 is 0 Å². The molecule has 1 aliphatic heterocycles. The summed E-state index contributed by atoms with van der Waals surface area (Å²) in [4.78, 5) is 15.4. The number of hydrogen-bond acceptors (Lipinski definition) is 1. The molecule has 0 spiro atoms. The molecule has 2 aromatic rings. The predicted molar refractivity (Wildman–Crippen MR) is 96.1 cm³/mol. The van der Waals surface area contributed by atoms with E-state index < -0.39 is 0 Å². The van der Waals surface area contributed by atoms with Gasteiger partial charge in [-0.3, -0.25) is 4.79 Å². The van der Waals surface area contributed by atoms with Crippen LogP contribution in [0.1, 0.15) is 12.5 Å². The maximum atomic E-state index is 12.4. The van der Waals surface area contributed by atoms with Crippen LogP contribution in [0.2, 0.25) is 0 Å². The van der Waals surface area contributed by atoms with Gasteiger partial charge in [0.2, 0.25) is 0 Å². The first kappa shape index (κ1) is 16.7. The lowest BCUT2D eigenvalue weighted by Gasteiger charge is -2.32. The molecule has 126 valence electrons. The van der Waals surface area contributed by atoms with Gasteiger partial charge in [-0.15, -0.1) is 0 Å². The largest absolute Gasteiger partial charge is 0.322 e. The highest BCUT2D eigenvalue weighted by Crippen LogP contribution is 2.04. The Morgan fingerprint density at radius 1 is 0.958 bits per heavy atom. The Morgan fingerprint density at radius 3 is 2.17 bits per heavy atom. The van der Waals surface area contributed by atoms with E-state index in [1.165, 1.54) is 10.5 Å². The lowest BCUT2D eigenvalue weighted by molar-refractivity contribution is -1.02. The fourth-order valence-corrected chi connectivity index (χ4v) is 3.38. The van der Waals surface area contributed by atoms with Gasteiger partial charge in [0.1, 0.15) is 32.7 Å². The van der Waals surface area contributed by atoms with Gasteiger partial charge in [0, 0.05) is 11.3 Å². The average molecular weight is 325 g/mol. The zero-order valence-corrected chi connectivity index (χ0v) is 14.3. The second-order valence-electron chi connectivity index (χ2n) is 6.65. The maximum Gasteiger partial charge on any atom is 0.282 e. The molecule has 1 heterocycles. The average Bonchev–Trinajstić information content (AvgIpc) is 2.63. The van der Waals surface area contributed by atoms with Crippen molar-refractivity contribution in [1.29, 1.82) is 0 Å². The zero-order valence-electron chi connectivity index (χ0n) is 14.3. The number of amides is 1. The van der Waals surface area contributed by atoms with Crippen molar-refractivity contribution < 1.29 is 14.6 Å². The topological polar surface area (TPSA) is 38.0 Å². The molecule has 0 aromatic heterocycles. The summed E-state index contributed by atoms with van der Waals surface area (Å²) >= 11 is 0. The van der Waals surface area contributed by atoms with Gasteiger partial charge in [-0.1, -0.05) is 48.5 Å². The third-order valence-electron chi connectivity index (χ3n) is 4.94. The fourth-order valence-electron chi connectivity index (χ4n) is 3.38. The van der Waals surface area contributed by atoms with E-state index in [1.807, 2.05) is 37.3 Å². The minimum atomic E-state index is -0.0107. The molecule has 24 heavy (non-hydrogen) atoms. The summed E-state index contributed by atoms with van der Waals surface area (Å²) in [5.41, 5.74) is 2.27. The number of carbonyl (C=O) groups excluding carboxylic acids is 1. The quantitative estimate of drug-likeness (QED) is 0.711. The van der Waals surface area contributed by atoms with Crippen molar-refractivity contribution in [2.24, 2.45) is 0 Å². The van der Waals surface area contributed by atoms with E-state index in [-0.39, 0.29) is 11.9 Å². The van der Waals surface area contributed by atoms with Crippen LogP contribution >= 0.6 is 0 Å². The number of quaternary nitrogens is 2. The molecule has 0 aliphatic carbocycles. The standard InChI is InChI=1S/C20H25N3O/c1-17(20(24)21-19-10-6-3-7-11-19)23-14-12-22(13-15-23)16-18-8-4-2-5-9-18/h2-11,17H,12-16H2,1H3,(H,21,24)/p+2/t17-/m1/s1. The van der Waals surface area contributed by atoms with E-state index in [0.717, 1.165) is 38.4 Å². The van der Waals surface area contributed by atoms with Crippen molar-refractivity contribution in [2.75, 3.05) is 31.5 Å². The third-order valence-corrected chi connectivity index (χ3v) is 4.94. The predicted octanol–water partition coefficient (Wildman–Crippen LogP) is -0.00280. The van der Waals surface area contributed by atoms with Crippen molar-refractivity contribution in [1.82, 2.24) is 0 Å². The van der Waals surface area contributed by atoms with Crippen LogP contribution in [0.15, 0.2) is 60.7 Å². The molecular formula is C20H27N3O+2. The number of piperazine rings is 1. The van der Waals surface area contributed by atoms with E-state index in [0.29, 0.717) is 0 Å². The zero-order chi connectivity index (χ0) is 16.8. The van der Waals surface area contributed by atoms with Gasteiger partial charge in [-0.05, 0) is 19.1 Å². The van der Waals surface area contributed by atoms with Crippen LogP contribution in [0.4, 0.5) is 5.69 Å². The SMILES string of the molecule is C[C@H](C(=O)Nc1ccccc1)[NH+]1CC[NH+](Cc2ccccc2)CC1. The molecule has 0 unspecified atom stereocenters. The molecule has 0 saturated carbocycles. The van der Waals surface area contributed by atoms with Gasteiger partial charge in [-0.25, -0.2) is 0 Å². The minimum Gasteiger partial charge on any atom is -0.322 e. The number of carbonyl (C=O) groups is 1. The number of hydrogen-bond donors (Lipinski definition) is 3. The van der Waals surface area contributed by atoms with Gasteiger partial charge in [-0.2, -0.15) is 0 Å². The van der Waals surface area contributed by atoms with Gasteiger partial charge < -0.3 is 15.1 Å². The maximum absolute atomic E-state index is 12.4. The summed E-state index contributed by atoms with van der Waals surface area (Å²) in [6.07, 6.45) is 0. The monoisotopic (exact) mass is 325 g/mol. The lowest BCUT2D eigenvalue weighted by atomic mass is 10.1. The summed E-state index contributed by atoms with van der Waals surface area (Å²) in [5, 5.41) is 3.02. The van der Waals surface area contributed by atoms with Gasteiger partial charge in [0.05, 0.1) is 0 Å². The Hall–Kier alpha value is -2.17. The second kappa shape index (κ2) is 8.08. The first-order valence-electron chi connectivity index (χ1n) is 8.80. The summed E-state index contributed by atoms with van der Waals surface area (Å²) < 4.78 is 0.